The Balaban J connectivity index is 2.04. The predicted octanol–water partition coefficient (Wildman–Crippen LogP) is 0.890. The van der Waals surface area contributed by atoms with Crippen LogP contribution in [-0.2, 0) is 27.5 Å². The fraction of sp³-hybridized carbons (Fsp3) is 0.600. The number of nitrogens with zero attached hydrogens (tertiary/aromatic N) is 1. The molecule has 94 valence electrons. The van der Waals surface area contributed by atoms with E-state index in [4.69, 9.17) is 5.11 Å². The molecule has 1 atom stereocenters. The molecule has 0 amide bonds. The highest BCUT2D eigenvalue weighted by molar-refractivity contribution is 7.92. The van der Waals surface area contributed by atoms with E-state index in [1.54, 1.807) is 0 Å². The third kappa shape index (κ3) is 3.04. The Kier molecular flexibility index (Phi) is 3.48. The quantitative estimate of drug-likeness (QED) is 0.882. The summed E-state index contributed by atoms with van der Waals surface area (Å²) in [4.78, 5) is 15.3. The number of rotatable bonds is 4. The summed E-state index contributed by atoms with van der Waals surface area (Å²) in [5.41, 5.74) is 0. The van der Waals surface area contributed by atoms with Crippen LogP contribution in [0.1, 0.15) is 22.7 Å². The molecule has 0 aliphatic carbocycles. The number of carbonyl (C=O) groups is 1. The lowest BCUT2D eigenvalue weighted by Crippen LogP contribution is -2.18. The normalized spacial score (nSPS) is 22.7. The number of aliphatic carboxylic acids is 1. The van der Waals surface area contributed by atoms with E-state index < -0.39 is 15.8 Å². The van der Waals surface area contributed by atoms with Gasteiger partial charge in [0.15, 0.2) is 9.84 Å². The Morgan fingerprint density at radius 2 is 2.35 bits per heavy atom. The summed E-state index contributed by atoms with van der Waals surface area (Å²) in [6, 6.07) is 0. The summed E-state index contributed by atoms with van der Waals surface area (Å²) in [6.07, 6.45) is 3.31. The second-order valence-corrected chi connectivity index (χ2v) is 7.73. The SMILES string of the molecule is O=C(O)Cc1cnc(CC2CCCS2(=O)=O)s1. The molecule has 1 aromatic rings. The van der Waals surface area contributed by atoms with Crippen LogP contribution in [0.2, 0.25) is 0 Å². The van der Waals surface area contributed by atoms with Gasteiger partial charge in [0.05, 0.1) is 22.4 Å². The first-order chi connectivity index (χ1) is 7.97. The number of aromatic nitrogens is 1. The molecule has 5 nitrogen and oxygen atoms in total. The van der Waals surface area contributed by atoms with Crippen LogP contribution >= 0.6 is 11.3 Å². The van der Waals surface area contributed by atoms with Crippen molar-refractivity contribution in [2.24, 2.45) is 0 Å². The maximum absolute atomic E-state index is 11.6. The van der Waals surface area contributed by atoms with Gasteiger partial charge in [-0.3, -0.25) is 4.79 Å². The molecule has 1 unspecified atom stereocenters. The molecule has 2 rings (SSSR count). The molecular formula is C10H13NO4S2. The van der Waals surface area contributed by atoms with Crippen molar-refractivity contribution in [2.75, 3.05) is 5.75 Å². The molecule has 1 aliphatic rings. The highest BCUT2D eigenvalue weighted by atomic mass is 32.2. The van der Waals surface area contributed by atoms with E-state index in [2.05, 4.69) is 4.98 Å². The average Bonchev–Trinajstić information content (AvgIpc) is 2.75. The molecule has 0 bridgehead atoms. The Hall–Kier alpha value is -0.950. The molecule has 17 heavy (non-hydrogen) atoms. The zero-order valence-corrected chi connectivity index (χ0v) is 10.8. The number of carboxylic acids is 1. The number of sulfone groups is 1. The topological polar surface area (TPSA) is 84.3 Å². The first-order valence-electron chi connectivity index (χ1n) is 5.34. The van der Waals surface area contributed by atoms with E-state index in [9.17, 15) is 13.2 Å². The van der Waals surface area contributed by atoms with Gasteiger partial charge in [-0.25, -0.2) is 13.4 Å². The highest BCUT2D eigenvalue weighted by Gasteiger charge is 2.31. The lowest BCUT2D eigenvalue weighted by atomic mass is 10.2. The van der Waals surface area contributed by atoms with Crippen LogP contribution in [0.5, 0.6) is 0 Å². The minimum atomic E-state index is -2.95. The molecule has 1 N–H and O–H groups in total. The van der Waals surface area contributed by atoms with E-state index in [1.807, 2.05) is 0 Å². The molecule has 1 fully saturated rings. The van der Waals surface area contributed by atoms with Crippen LogP contribution in [0.4, 0.5) is 0 Å². The van der Waals surface area contributed by atoms with Crippen LogP contribution < -0.4 is 0 Å². The summed E-state index contributed by atoms with van der Waals surface area (Å²) in [5, 5.41) is 9.02. The summed E-state index contributed by atoms with van der Waals surface area (Å²) in [7, 11) is -2.95. The number of carboxylic acid groups (broad SMARTS) is 1. The summed E-state index contributed by atoms with van der Waals surface area (Å²) in [6.45, 7) is 0. The number of hydrogen-bond donors (Lipinski definition) is 1. The van der Waals surface area contributed by atoms with Gasteiger partial charge in [0.2, 0.25) is 0 Å². The first-order valence-corrected chi connectivity index (χ1v) is 7.87. The monoisotopic (exact) mass is 275 g/mol. The molecule has 1 aliphatic heterocycles. The fourth-order valence-electron chi connectivity index (χ4n) is 1.96. The minimum Gasteiger partial charge on any atom is -0.481 e. The zero-order chi connectivity index (χ0) is 12.5. The summed E-state index contributed by atoms with van der Waals surface area (Å²) >= 11 is 1.29. The van der Waals surface area contributed by atoms with Gasteiger partial charge in [-0.2, -0.15) is 0 Å². The zero-order valence-electron chi connectivity index (χ0n) is 9.13. The Morgan fingerprint density at radius 3 is 2.94 bits per heavy atom. The van der Waals surface area contributed by atoms with Crippen LogP contribution in [0.15, 0.2) is 6.20 Å². The standard InChI is InChI=1S/C10H13NO4S2/c12-10(13)4-7-6-11-9(16-7)5-8-2-1-3-17(8,14)15/h6,8H,1-5H2,(H,12,13). The third-order valence-corrected chi connectivity index (χ3v) is 6.09. The van der Waals surface area contributed by atoms with E-state index in [0.717, 1.165) is 11.4 Å². The molecule has 0 saturated carbocycles. The maximum Gasteiger partial charge on any atom is 0.308 e. The van der Waals surface area contributed by atoms with Gasteiger partial charge in [-0.05, 0) is 12.8 Å². The Bertz CT molecular complexity index is 520. The van der Waals surface area contributed by atoms with Crippen molar-refractivity contribution >= 4 is 27.1 Å². The van der Waals surface area contributed by atoms with Gasteiger partial charge in [0, 0.05) is 17.5 Å². The van der Waals surface area contributed by atoms with Gasteiger partial charge in [-0.1, -0.05) is 0 Å². The van der Waals surface area contributed by atoms with Gasteiger partial charge < -0.3 is 5.11 Å². The fourth-order valence-corrected chi connectivity index (χ4v) is 4.89. The van der Waals surface area contributed by atoms with Crippen LogP contribution in [-0.4, -0.2) is 35.5 Å². The van der Waals surface area contributed by atoms with Crippen molar-refractivity contribution in [3.63, 3.8) is 0 Å². The second-order valence-electron chi connectivity index (χ2n) is 4.13. The molecule has 1 aromatic heterocycles. The van der Waals surface area contributed by atoms with E-state index >= 15 is 0 Å². The van der Waals surface area contributed by atoms with Crippen molar-refractivity contribution in [1.82, 2.24) is 4.98 Å². The lowest BCUT2D eigenvalue weighted by molar-refractivity contribution is -0.136. The van der Waals surface area contributed by atoms with E-state index in [-0.39, 0.29) is 17.4 Å². The second kappa shape index (κ2) is 4.73. The molecule has 0 aromatic carbocycles. The van der Waals surface area contributed by atoms with Crippen molar-refractivity contribution in [3.8, 4) is 0 Å². The summed E-state index contributed by atoms with van der Waals surface area (Å²) < 4.78 is 23.3. The lowest BCUT2D eigenvalue weighted by Gasteiger charge is -2.05. The van der Waals surface area contributed by atoms with Gasteiger partial charge >= 0.3 is 5.97 Å². The molecule has 0 radical (unpaired) electrons. The maximum atomic E-state index is 11.6. The number of thiazole rings is 1. The molecule has 7 heteroatoms. The van der Waals surface area contributed by atoms with Gasteiger partial charge in [0.25, 0.3) is 0 Å². The minimum absolute atomic E-state index is 0.0465. The first kappa shape index (κ1) is 12.5. The Labute approximate surface area is 103 Å². The predicted molar refractivity (Wildman–Crippen MR) is 64.0 cm³/mol. The summed E-state index contributed by atoms with van der Waals surface area (Å²) in [5.74, 6) is -0.626. The third-order valence-electron chi connectivity index (χ3n) is 2.79. The van der Waals surface area contributed by atoms with Crippen LogP contribution in [0.3, 0.4) is 0 Å². The smallest absolute Gasteiger partial charge is 0.308 e. The van der Waals surface area contributed by atoms with Crippen molar-refractivity contribution in [2.45, 2.75) is 30.9 Å². The average molecular weight is 275 g/mol. The van der Waals surface area contributed by atoms with E-state index in [1.165, 1.54) is 17.5 Å². The van der Waals surface area contributed by atoms with Crippen molar-refractivity contribution < 1.29 is 18.3 Å². The van der Waals surface area contributed by atoms with Crippen molar-refractivity contribution in [1.29, 1.82) is 0 Å². The van der Waals surface area contributed by atoms with Gasteiger partial charge in [0.1, 0.15) is 0 Å². The van der Waals surface area contributed by atoms with Crippen LogP contribution in [0.25, 0.3) is 0 Å². The number of hydrogen-bond acceptors (Lipinski definition) is 5. The highest BCUT2D eigenvalue weighted by Crippen LogP contribution is 2.25. The molecule has 1 saturated heterocycles. The van der Waals surface area contributed by atoms with Crippen LogP contribution in [0, 0.1) is 0 Å². The molecule has 0 spiro atoms. The molecule has 2 heterocycles. The van der Waals surface area contributed by atoms with Crippen molar-refractivity contribution in [3.05, 3.63) is 16.1 Å². The largest absolute Gasteiger partial charge is 0.481 e. The van der Waals surface area contributed by atoms with Gasteiger partial charge in [-0.15, -0.1) is 11.3 Å². The molecular weight excluding hydrogens is 262 g/mol. The van der Waals surface area contributed by atoms with E-state index in [0.29, 0.717) is 17.7 Å². The Morgan fingerprint density at radius 1 is 1.59 bits per heavy atom.